The van der Waals surface area contributed by atoms with Crippen molar-refractivity contribution in [3.8, 4) is 5.75 Å². The molecule has 2 atom stereocenters. The highest BCUT2D eigenvalue weighted by Crippen LogP contribution is 2.59. The molecule has 108 valence electrons. The molecule has 0 radical (unpaired) electrons. The highest BCUT2D eigenvalue weighted by Gasteiger charge is 2.63. The SMILES string of the molecule is Nc1cc(C23C[C@@H]2CN(C(=O)C(F)(F)F)C3)ccc1O. The normalized spacial score (nSPS) is 28.4. The van der Waals surface area contributed by atoms with Gasteiger partial charge in [0.25, 0.3) is 0 Å². The van der Waals surface area contributed by atoms with Gasteiger partial charge in [0.05, 0.1) is 5.69 Å². The maximum Gasteiger partial charge on any atom is 0.471 e. The fraction of sp³-hybridized carbons (Fsp3) is 0.462. The molecular formula is C13H13F3N2O2. The summed E-state index contributed by atoms with van der Waals surface area (Å²) in [6.45, 7) is 0.180. The summed E-state index contributed by atoms with van der Waals surface area (Å²) in [5, 5.41) is 9.39. The van der Waals surface area contributed by atoms with Crippen molar-refractivity contribution in [1.82, 2.24) is 4.90 Å². The van der Waals surface area contributed by atoms with E-state index < -0.39 is 17.5 Å². The van der Waals surface area contributed by atoms with Crippen molar-refractivity contribution in [2.75, 3.05) is 18.8 Å². The van der Waals surface area contributed by atoms with E-state index in [1.54, 1.807) is 12.1 Å². The number of carbonyl (C=O) groups is 1. The smallest absolute Gasteiger partial charge is 0.471 e. The molecule has 2 aliphatic rings. The first-order valence-electron chi connectivity index (χ1n) is 6.19. The highest BCUT2D eigenvalue weighted by molar-refractivity contribution is 5.82. The molecule has 3 rings (SSSR count). The highest BCUT2D eigenvalue weighted by atomic mass is 19.4. The molecule has 1 aromatic rings. The molecule has 4 nitrogen and oxygen atoms in total. The van der Waals surface area contributed by atoms with Gasteiger partial charge in [-0.05, 0) is 30.0 Å². The van der Waals surface area contributed by atoms with Crippen molar-refractivity contribution >= 4 is 11.6 Å². The van der Waals surface area contributed by atoms with Crippen LogP contribution in [0, 0.1) is 5.92 Å². The number of fused-ring (bicyclic) bond motifs is 1. The second-order valence-corrected chi connectivity index (χ2v) is 5.51. The first kappa shape index (κ1) is 13.1. The Morgan fingerprint density at radius 1 is 1.45 bits per heavy atom. The maximum atomic E-state index is 12.4. The lowest BCUT2D eigenvalue weighted by Gasteiger charge is -2.22. The maximum absolute atomic E-state index is 12.4. The summed E-state index contributed by atoms with van der Waals surface area (Å²) < 4.78 is 37.3. The van der Waals surface area contributed by atoms with Gasteiger partial charge in [-0.1, -0.05) is 6.07 Å². The number of phenolic OH excluding ortho intramolecular Hbond substituents is 1. The number of hydrogen-bond donors (Lipinski definition) is 2. The third-order valence-electron chi connectivity index (χ3n) is 4.28. The van der Waals surface area contributed by atoms with Gasteiger partial charge in [0.15, 0.2) is 0 Å². The van der Waals surface area contributed by atoms with Crippen LogP contribution >= 0.6 is 0 Å². The molecule has 3 N–H and O–H groups in total. The van der Waals surface area contributed by atoms with Crippen molar-refractivity contribution in [3.05, 3.63) is 23.8 Å². The minimum atomic E-state index is -4.83. The summed E-state index contributed by atoms with van der Waals surface area (Å²) in [5.41, 5.74) is 6.18. The molecule has 0 spiro atoms. The van der Waals surface area contributed by atoms with Crippen molar-refractivity contribution in [3.63, 3.8) is 0 Å². The van der Waals surface area contributed by atoms with Crippen LogP contribution in [0.15, 0.2) is 18.2 Å². The average Bonchev–Trinajstić information content (AvgIpc) is 2.93. The summed E-state index contributed by atoms with van der Waals surface area (Å²) in [7, 11) is 0. The summed E-state index contributed by atoms with van der Waals surface area (Å²) in [6, 6.07) is 4.67. The Balaban J connectivity index is 1.83. The van der Waals surface area contributed by atoms with Gasteiger partial charge in [0.2, 0.25) is 0 Å². The van der Waals surface area contributed by atoms with Crippen LogP contribution in [0.25, 0.3) is 0 Å². The van der Waals surface area contributed by atoms with Crippen molar-refractivity contribution in [2.24, 2.45) is 5.92 Å². The number of amides is 1. The van der Waals surface area contributed by atoms with Gasteiger partial charge < -0.3 is 15.7 Å². The number of carbonyl (C=O) groups excluding carboxylic acids is 1. The topological polar surface area (TPSA) is 66.6 Å². The summed E-state index contributed by atoms with van der Waals surface area (Å²) >= 11 is 0. The molecule has 1 aliphatic heterocycles. The number of nitrogens with zero attached hydrogens (tertiary/aromatic N) is 1. The Bertz CT molecular complexity index is 587. The number of nitrogen functional groups attached to an aromatic ring is 1. The molecule has 0 aromatic heterocycles. The third-order valence-corrected chi connectivity index (χ3v) is 4.28. The fourth-order valence-corrected chi connectivity index (χ4v) is 3.13. The zero-order valence-electron chi connectivity index (χ0n) is 10.4. The van der Waals surface area contributed by atoms with Gasteiger partial charge in [-0.3, -0.25) is 4.79 Å². The Labute approximate surface area is 113 Å². The molecule has 1 aromatic carbocycles. The first-order valence-corrected chi connectivity index (χ1v) is 6.19. The lowest BCUT2D eigenvalue weighted by molar-refractivity contribution is -0.184. The predicted octanol–water partition coefficient (Wildman–Crippen LogP) is 1.64. The van der Waals surface area contributed by atoms with Gasteiger partial charge in [-0.15, -0.1) is 0 Å². The number of alkyl halides is 3. The van der Waals surface area contributed by atoms with Crippen LogP contribution in [-0.2, 0) is 10.2 Å². The molecule has 1 amide bonds. The lowest BCUT2D eigenvalue weighted by Crippen LogP contribution is -2.41. The van der Waals surface area contributed by atoms with Crippen molar-refractivity contribution < 1.29 is 23.1 Å². The molecule has 20 heavy (non-hydrogen) atoms. The zero-order chi connectivity index (χ0) is 14.7. The van der Waals surface area contributed by atoms with Crippen LogP contribution in [0.4, 0.5) is 18.9 Å². The van der Waals surface area contributed by atoms with Crippen molar-refractivity contribution in [2.45, 2.75) is 18.0 Å². The van der Waals surface area contributed by atoms with E-state index in [1.165, 1.54) is 6.07 Å². The quantitative estimate of drug-likeness (QED) is 0.609. The summed E-state index contributed by atoms with van der Waals surface area (Å²) in [4.78, 5) is 12.1. The number of halogens is 3. The summed E-state index contributed by atoms with van der Waals surface area (Å²) in [5.74, 6) is -1.79. The average molecular weight is 286 g/mol. The second-order valence-electron chi connectivity index (χ2n) is 5.51. The minimum Gasteiger partial charge on any atom is -0.506 e. The molecule has 0 bridgehead atoms. The minimum absolute atomic E-state index is 0.0396. The van der Waals surface area contributed by atoms with E-state index in [9.17, 15) is 23.1 Å². The van der Waals surface area contributed by atoms with E-state index in [4.69, 9.17) is 5.73 Å². The standard InChI is InChI=1S/C13H13F3N2O2/c14-13(15,16)11(20)18-5-8-4-12(8,6-18)7-1-2-10(19)9(17)3-7/h1-3,8,19H,4-6,17H2/t8-,12?/m1/s1. The number of phenols is 1. The number of rotatable bonds is 1. The molecule has 1 saturated heterocycles. The van der Waals surface area contributed by atoms with Gasteiger partial charge in [0.1, 0.15) is 5.75 Å². The van der Waals surface area contributed by atoms with Gasteiger partial charge >= 0.3 is 12.1 Å². The number of likely N-dealkylation sites (tertiary alicyclic amines) is 1. The monoisotopic (exact) mass is 286 g/mol. The Morgan fingerprint density at radius 2 is 2.15 bits per heavy atom. The van der Waals surface area contributed by atoms with Crippen molar-refractivity contribution in [1.29, 1.82) is 0 Å². The van der Waals surface area contributed by atoms with E-state index in [1.807, 2.05) is 0 Å². The van der Waals surface area contributed by atoms with Crippen LogP contribution in [0.1, 0.15) is 12.0 Å². The van der Waals surface area contributed by atoms with Crippen LogP contribution < -0.4 is 5.73 Å². The summed E-state index contributed by atoms with van der Waals surface area (Å²) in [6.07, 6.45) is -4.08. The lowest BCUT2D eigenvalue weighted by atomic mass is 9.94. The molecule has 1 saturated carbocycles. The van der Waals surface area contributed by atoms with Gasteiger partial charge in [0, 0.05) is 18.5 Å². The van der Waals surface area contributed by atoms with Gasteiger partial charge in [-0.2, -0.15) is 13.2 Å². The van der Waals surface area contributed by atoms with E-state index >= 15 is 0 Å². The molecular weight excluding hydrogens is 273 g/mol. The number of benzene rings is 1. The van der Waals surface area contributed by atoms with Crippen LogP contribution in [0.5, 0.6) is 5.75 Å². The molecule has 1 heterocycles. The number of aromatic hydroxyl groups is 1. The van der Waals surface area contributed by atoms with Crippen LogP contribution in [0.2, 0.25) is 0 Å². The molecule has 1 aliphatic carbocycles. The zero-order valence-corrected chi connectivity index (χ0v) is 10.4. The third kappa shape index (κ3) is 1.80. The van der Waals surface area contributed by atoms with E-state index in [-0.39, 0.29) is 30.4 Å². The molecule has 1 unspecified atom stereocenters. The second kappa shape index (κ2) is 3.80. The fourth-order valence-electron chi connectivity index (χ4n) is 3.13. The Kier molecular flexibility index (Phi) is 2.49. The number of anilines is 1. The van der Waals surface area contributed by atoms with E-state index in [0.29, 0.717) is 0 Å². The van der Waals surface area contributed by atoms with E-state index in [2.05, 4.69) is 0 Å². The van der Waals surface area contributed by atoms with Gasteiger partial charge in [-0.25, -0.2) is 0 Å². The number of hydrogen-bond acceptors (Lipinski definition) is 3. The first-order chi connectivity index (χ1) is 9.24. The Morgan fingerprint density at radius 3 is 2.75 bits per heavy atom. The number of nitrogens with two attached hydrogens (primary N) is 1. The Hall–Kier alpha value is -1.92. The molecule has 7 heteroatoms. The van der Waals surface area contributed by atoms with Crippen LogP contribution in [-0.4, -0.2) is 35.2 Å². The molecule has 2 fully saturated rings. The largest absolute Gasteiger partial charge is 0.506 e. The van der Waals surface area contributed by atoms with E-state index in [0.717, 1.165) is 16.9 Å². The number of piperidine rings is 1. The van der Waals surface area contributed by atoms with Crippen LogP contribution in [0.3, 0.4) is 0 Å². The predicted molar refractivity (Wildman–Crippen MR) is 64.9 cm³/mol.